The van der Waals surface area contributed by atoms with Crippen molar-refractivity contribution in [2.45, 2.75) is 43.6 Å². The molecular formula is C19H23N. The van der Waals surface area contributed by atoms with Gasteiger partial charge >= 0.3 is 0 Å². The van der Waals surface area contributed by atoms with Gasteiger partial charge in [-0.05, 0) is 24.0 Å². The zero-order chi connectivity index (χ0) is 13.8. The zero-order valence-corrected chi connectivity index (χ0v) is 12.0. The molecule has 0 heterocycles. The predicted octanol–water partition coefficient (Wildman–Crippen LogP) is 4.48. The average Bonchev–Trinajstić information content (AvgIpc) is 2.50. The van der Waals surface area contributed by atoms with Crippen LogP contribution in [0.5, 0.6) is 0 Å². The van der Waals surface area contributed by atoms with Crippen molar-refractivity contribution in [3.05, 3.63) is 71.8 Å². The van der Waals surface area contributed by atoms with Gasteiger partial charge in [0.05, 0.1) is 0 Å². The number of nitrogens with two attached hydrogens (primary N) is 1. The quantitative estimate of drug-likeness (QED) is 0.870. The Morgan fingerprint density at radius 3 is 1.60 bits per heavy atom. The number of hydrogen-bond donors (Lipinski definition) is 1. The maximum absolute atomic E-state index is 6.87. The van der Waals surface area contributed by atoms with E-state index in [9.17, 15) is 0 Å². The summed E-state index contributed by atoms with van der Waals surface area (Å²) in [5.41, 5.74) is 9.47. The molecule has 3 rings (SSSR count). The smallest absolute Gasteiger partial charge is 0.0269 e. The third kappa shape index (κ3) is 2.64. The minimum Gasteiger partial charge on any atom is -0.324 e. The first-order chi connectivity index (χ1) is 9.80. The van der Waals surface area contributed by atoms with Gasteiger partial charge in [0.1, 0.15) is 0 Å². The molecule has 0 atom stereocenters. The van der Waals surface area contributed by atoms with Crippen LogP contribution in [0.1, 0.15) is 49.1 Å². The van der Waals surface area contributed by atoms with Crippen LogP contribution in [0.3, 0.4) is 0 Å². The Labute approximate surface area is 121 Å². The van der Waals surface area contributed by atoms with E-state index in [0.29, 0.717) is 5.92 Å². The summed E-state index contributed by atoms with van der Waals surface area (Å²) >= 11 is 0. The van der Waals surface area contributed by atoms with Crippen LogP contribution >= 0.6 is 0 Å². The Bertz CT molecular complexity index is 487. The topological polar surface area (TPSA) is 26.0 Å². The highest BCUT2D eigenvalue weighted by Gasteiger charge is 2.37. The molecule has 2 aromatic carbocycles. The first-order valence-electron chi connectivity index (χ1n) is 7.68. The normalized spacial score (nSPS) is 18.1. The predicted molar refractivity (Wildman–Crippen MR) is 84.7 cm³/mol. The Morgan fingerprint density at radius 2 is 1.15 bits per heavy atom. The maximum atomic E-state index is 6.87. The van der Waals surface area contributed by atoms with Gasteiger partial charge in [-0.1, -0.05) is 79.9 Å². The molecule has 0 spiro atoms. The average molecular weight is 265 g/mol. The van der Waals surface area contributed by atoms with E-state index in [2.05, 4.69) is 60.7 Å². The van der Waals surface area contributed by atoms with Crippen molar-refractivity contribution < 1.29 is 0 Å². The lowest BCUT2D eigenvalue weighted by molar-refractivity contribution is 0.266. The fourth-order valence-electron chi connectivity index (χ4n) is 3.65. The van der Waals surface area contributed by atoms with Crippen LogP contribution < -0.4 is 5.73 Å². The number of hydrogen-bond acceptors (Lipinski definition) is 1. The van der Waals surface area contributed by atoms with Gasteiger partial charge in [-0.3, -0.25) is 0 Å². The molecule has 1 saturated carbocycles. The molecule has 1 heteroatoms. The molecule has 0 radical (unpaired) electrons. The Balaban J connectivity index is 2.04. The zero-order valence-electron chi connectivity index (χ0n) is 12.0. The Hall–Kier alpha value is -1.60. The molecule has 1 aliphatic rings. The van der Waals surface area contributed by atoms with Crippen LogP contribution in [-0.4, -0.2) is 5.54 Å². The van der Waals surface area contributed by atoms with E-state index in [1.807, 2.05) is 0 Å². The van der Waals surface area contributed by atoms with Crippen LogP contribution in [-0.2, 0) is 0 Å². The minimum atomic E-state index is -0.0963. The first kappa shape index (κ1) is 13.4. The fraction of sp³-hybridized carbons (Fsp3) is 0.368. The lowest BCUT2D eigenvalue weighted by Crippen LogP contribution is -2.47. The van der Waals surface area contributed by atoms with Crippen LogP contribution in [0.2, 0.25) is 0 Å². The molecule has 1 nitrogen and oxygen atoms in total. The second-order valence-electron chi connectivity index (χ2n) is 6.05. The molecule has 2 aromatic rings. The highest BCUT2D eigenvalue weighted by Crippen LogP contribution is 2.41. The van der Waals surface area contributed by atoms with Gasteiger partial charge in [0.15, 0.2) is 0 Å². The highest BCUT2D eigenvalue weighted by molar-refractivity contribution is 5.36. The highest BCUT2D eigenvalue weighted by atomic mass is 14.8. The lowest BCUT2D eigenvalue weighted by atomic mass is 9.68. The van der Waals surface area contributed by atoms with Gasteiger partial charge < -0.3 is 5.73 Å². The Morgan fingerprint density at radius 1 is 0.700 bits per heavy atom. The number of benzene rings is 2. The van der Waals surface area contributed by atoms with Gasteiger partial charge in [0.2, 0.25) is 0 Å². The molecule has 0 bridgehead atoms. The molecule has 0 unspecified atom stereocenters. The van der Waals surface area contributed by atoms with Gasteiger partial charge in [-0.2, -0.15) is 0 Å². The number of rotatable bonds is 3. The summed E-state index contributed by atoms with van der Waals surface area (Å²) < 4.78 is 0. The summed E-state index contributed by atoms with van der Waals surface area (Å²) in [6, 6.07) is 21.5. The summed E-state index contributed by atoms with van der Waals surface area (Å²) in [5.74, 6) is 0.310. The van der Waals surface area contributed by atoms with Crippen LogP contribution in [0.4, 0.5) is 0 Å². The molecule has 0 amide bonds. The molecule has 1 aliphatic carbocycles. The van der Waals surface area contributed by atoms with E-state index in [1.165, 1.54) is 30.4 Å². The largest absolute Gasteiger partial charge is 0.324 e. The summed E-state index contributed by atoms with van der Waals surface area (Å²) in [5, 5.41) is 0. The summed E-state index contributed by atoms with van der Waals surface area (Å²) in [6.45, 7) is 0. The van der Waals surface area contributed by atoms with E-state index < -0.39 is 0 Å². The molecule has 0 aromatic heterocycles. The first-order valence-corrected chi connectivity index (χ1v) is 7.68. The van der Waals surface area contributed by atoms with Crippen LogP contribution in [0.25, 0.3) is 0 Å². The molecule has 104 valence electrons. The fourth-order valence-corrected chi connectivity index (χ4v) is 3.65. The third-order valence-electron chi connectivity index (χ3n) is 4.63. The standard InChI is InChI=1S/C19H23N/c20-19(14-8-3-9-15-19)18(16-10-4-1-5-11-16)17-12-6-2-7-13-17/h1-2,4-7,10-13,18H,3,8-9,14-15,20H2. The summed E-state index contributed by atoms with van der Waals surface area (Å²) in [6.07, 6.45) is 6.09. The van der Waals surface area contributed by atoms with Crippen molar-refractivity contribution in [3.8, 4) is 0 Å². The van der Waals surface area contributed by atoms with Gasteiger partial charge in [-0.15, -0.1) is 0 Å². The van der Waals surface area contributed by atoms with E-state index in [0.717, 1.165) is 12.8 Å². The second-order valence-corrected chi connectivity index (χ2v) is 6.05. The van der Waals surface area contributed by atoms with Crippen LogP contribution in [0, 0.1) is 0 Å². The molecule has 0 aliphatic heterocycles. The molecule has 2 N–H and O–H groups in total. The minimum absolute atomic E-state index is 0.0963. The van der Waals surface area contributed by atoms with Crippen molar-refractivity contribution in [1.29, 1.82) is 0 Å². The lowest BCUT2D eigenvalue weighted by Gasteiger charge is -2.41. The van der Waals surface area contributed by atoms with E-state index >= 15 is 0 Å². The van der Waals surface area contributed by atoms with Crippen molar-refractivity contribution >= 4 is 0 Å². The van der Waals surface area contributed by atoms with Crippen molar-refractivity contribution in [2.24, 2.45) is 5.73 Å². The molecule has 20 heavy (non-hydrogen) atoms. The summed E-state index contributed by atoms with van der Waals surface area (Å²) in [7, 11) is 0. The van der Waals surface area contributed by atoms with Gasteiger partial charge in [-0.25, -0.2) is 0 Å². The molecular weight excluding hydrogens is 242 g/mol. The Kier molecular flexibility index (Phi) is 3.88. The second kappa shape index (κ2) is 5.80. The maximum Gasteiger partial charge on any atom is 0.0269 e. The summed E-state index contributed by atoms with van der Waals surface area (Å²) in [4.78, 5) is 0. The molecule has 0 saturated heterocycles. The molecule has 1 fully saturated rings. The van der Waals surface area contributed by atoms with E-state index in [4.69, 9.17) is 5.73 Å². The SMILES string of the molecule is NC1(C(c2ccccc2)c2ccccc2)CCCCC1. The van der Waals surface area contributed by atoms with E-state index in [-0.39, 0.29) is 5.54 Å². The van der Waals surface area contributed by atoms with E-state index in [1.54, 1.807) is 0 Å². The van der Waals surface area contributed by atoms with Crippen LogP contribution in [0.15, 0.2) is 60.7 Å². The van der Waals surface area contributed by atoms with Gasteiger partial charge in [0, 0.05) is 11.5 Å². The monoisotopic (exact) mass is 265 g/mol. The third-order valence-corrected chi connectivity index (χ3v) is 4.63. The van der Waals surface area contributed by atoms with Gasteiger partial charge in [0.25, 0.3) is 0 Å². The van der Waals surface area contributed by atoms with Crippen molar-refractivity contribution in [1.82, 2.24) is 0 Å². The van der Waals surface area contributed by atoms with Crippen molar-refractivity contribution in [3.63, 3.8) is 0 Å². The van der Waals surface area contributed by atoms with Crippen molar-refractivity contribution in [2.75, 3.05) is 0 Å².